The molecule has 0 aromatic heterocycles. The van der Waals surface area contributed by atoms with Crippen LogP contribution < -0.4 is 10.6 Å². The molecular weight excluding hydrogens is 381 g/mol. The summed E-state index contributed by atoms with van der Waals surface area (Å²) in [7, 11) is -3.48. The summed E-state index contributed by atoms with van der Waals surface area (Å²) in [6, 6.07) is 12.4. The van der Waals surface area contributed by atoms with Crippen molar-refractivity contribution in [2.24, 2.45) is 0 Å². The van der Waals surface area contributed by atoms with E-state index in [1.165, 1.54) is 22.5 Å². The van der Waals surface area contributed by atoms with Gasteiger partial charge in [0, 0.05) is 24.3 Å². The van der Waals surface area contributed by atoms with Gasteiger partial charge in [0.25, 0.3) is 5.91 Å². The number of amides is 1. The lowest BCUT2D eigenvalue weighted by Crippen LogP contribution is -2.86. The van der Waals surface area contributed by atoms with Crippen molar-refractivity contribution >= 4 is 21.6 Å². The molecule has 3 N–H and O–H groups in total. The fourth-order valence-corrected chi connectivity index (χ4v) is 4.31. The van der Waals surface area contributed by atoms with Gasteiger partial charge in [-0.2, -0.15) is 4.31 Å². The fourth-order valence-electron chi connectivity index (χ4n) is 2.85. The normalized spacial score (nSPS) is 12.8. The zero-order valence-corrected chi connectivity index (χ0v) is 17.2. The van der Waals surface area contributed by atoms with Crippen LogP contribution >= 0.6 is 0 Å². The molecule has 0 saturated heterocycles. The minimum Gasteiger partial charge on any atom is -0.333 e. The molecule has 8 heteroatoms. The molecule has 0 aliphatic rings. The van der Waals surface area contributed by atoms with Gasteiger partial charge in [0.1, 0.15) is 11.9 Å². The molecule has 2 rings (SSSR count). The van der Waals surface area contributed by atoms with Crippen molar-refractivity contribution in [1.82, 2.24) is 4.31 Å². The van der Waals surface area contributed by atoms with Crippen molar-refractivity contribution in [1.29, 1.82) is 0 Å². The SMILES string of the molecule is CCN(CC)S(=O)(=O)c1ccc([C@@H](C)[NH2+]CC(=O)Nc2cccc(F)c2)cc1. The van der Waals surface area contributed by atoms with Gasteiger partial charge in [-0.05, 0) is 37.3 Å². The number of carbonyl (C=O) groups excluding carboxylic acids is 1. The number of nitrogens with zero attached hydrogens (tertiary/aromatic N) is 1. The zero-order valence-electron chi connectivity index (χ0n) is 16.4. The minimum absolute atomic E-state index is 0.0385. The summed E-state index contributed by atoms with van der Waals surface area (Å²) < 4.78 is 39.6. The second kappa shape index (κ2) is 9.77. The molecule has 0 radical (unpaired) electrons. The van der Waals surface area contributed by atoms with Gasteiger partial charge in [-0.3, -0.25) is 4.79 Å². The number of hydrogen-bond acceptors (Lipinski definition) is 3. The van der Waals surface area contributed by atoms with Crippen molar-refractivity contribution in [2.45, 2.75) is 31.7 Å². The van der Waals surface area contributed by atoms with Crippen molar-refractivity contribution in [3.05, 3.63) is 59.9 Å². The molecule has 0 fully saturated rings. The molecule has 152 valence electrons. The van der Waals surface area contributed by atoms with E-state index in [2.05, 4.69) is 5.32 Å². The Morgan fingerprint density at radius 3 is 2.36 bits per heavy atom. The predicted octanol–water partition coefficient (Wildman–Crippen LogP) is 2.12. The Kier molecular flexibility index (Phi) is 7.68. The van der Waals surface area contributed by atoms with Crippen molar-refractivity contribution in [2.75, 3.05) is 25.0 Å². The number of anilines is 1. The lowest BCUT2D eigenvalue weighted by Gasteiger charge is -2.19. The monoisotopic (exact) mass is 408 g/mol. The average Bonchev–Trinajstić information content (AvgIpc) is 2.67. The molecule has 0 aliphatic heterocycles. The van der Waals surface area contributed by atoms with Gasteiger partial charge in [0.05, 0.1) is 4.90 Å². The highest BCUT2D eigenvalue weighted by Gasteiger charge is 2.22. The topological polar surface area (TPSA) is 83.1 Å². The van der Waals surface area contributed by atoms with Crippen LogP contribution in [-0.2, 0) is 14.8 Å². The zero-order chi connectivity index (χ0) is 20.7. The van der Waals surface area contributed by atoms with E-state index in [-0.39, 0.29) is 23.4 Å². The first-order valence-corrected chi connectivity index (χ1v) is 10.7. The summed E-state index contributed by atoms with van der Waals surface area (Å²) in [4.78, 5) is 12.3. The average molecular weight is 409 g/mol. The number of benzene rings is 2. The van der Waals surface area contributed by atoms with Crippen LogP contribution in [0.1, 0.15) is 32.4 Å². The van der Waals surface area contributed by atoms with Gasteiger partial charge in [0.2, 0.25) is 10.0 Å². The smallest absolute Gasteiger partial charge is 0.279 e. The molecule has 0 heterocycles. The Labute approximate surface area is 165 Å². The van der Waals surface area contributed by atoms with Crippen LogP contribution in [0.5, 0.6) is 0 Å². The van der Waals surface area contributed by atoms with E-state index in [1.54, 1.807) is 44.2 Å². The summed E-state index contributed by atoms with van der Waals surface area (Å²) in [6.45, 7) is 6.56. The number of carbonyl (C=O) groups is 1. The second-order valence-corrected chi connectivity index (χ2v) is 8.38. The third-order valence-electron chi connectivity index (χ3n) is 4.51. The number of rotatable bonds is 9. The van der Waals surface area contributed by atoms with Crippen molar-refractivity contribution in [3.63, 3.8) is 0 Å². The fraction of sp³-hybridized carbons (Fsp3) is 0.350. The summed E-state index contributed by atoms with van der Waals surface area (Å²) in [5, 5.41) is 4.48. The summed E-state index contributed by atoms with van der Waals surface area (Å²) in [5.41, 5.74) is 1.33. The third kappa shape index (κ3) is 5.60. The maximum Gasteiger partial charge on any atom is 0.279 e. The molecule has 0 saturated carbocycles. The molecule has 0 aliphatic carbocycles. The van der Waals surface area contributed by atoms with E-state index in [4.69, 9.17) is 0 Å². The predicted molar refractivity (Wildman–Crippen MR) is 107 cm³/mol. The van der Waals surface area contributed by atoms with Gasteiger partial charge < -0.3 is 10.6 Å². The molecule has 2 aromatic carbocycles. The maximum atomic E-state index is 13.2. The van der Waals surface area contributed by atoms with Crippen molar-refractivity contribution < 1.29 is 22.9 Å². The van der Waals surface area contributed by atoms with E-state index in [1.807, 2.05) is 12.2 Å². The van der Waals surface area contributed by atoms with Crippen LogP contribution in [0.25, 0.3) is 0 Å². The van der Waals surface area contributed by atoms with Crippen LogP contribution in [0.4, 0.5) is 10.1 Å². The van der Waals surface area contributed by atoms with Crippen LogP contribution in [0.15, 0.2) is 53.4 Å². The number of hydrogen-bond donors (Lipinski definition) is 2. The van der Waals surface area contributed by atoms with E-state index in [0.29, 0.717) is 18.8 Å². The number of quaternary nitrogens is 1. The van der Waals surface area contributed by atoms with Crippen LogP contribution in [0, 0.1) is 5.82 Å². The minimum atomic E-state index is -3.48. The molecule has 0 unspecified atom stereocenters. The Hall–Kier alpha value is -2.29. The highest BCUT2D eigenvalue weighted by Crippen LogP contribution is 2.18. The van der Waals surface area contributed by atoms with Gasteiger partial charge >= 0.3 is 0 Å². The van der Waals surface area contributed by atoms with E-state index >= 15 is 0 Å². The lowest BCUT2D eigenvalue weighted by atomic mass is 10.1. The summed E-state index contributed by atoms with van der Waals surface area (Å²) in [6.07, 6.45) is 0. The first-order chi connectivity index (χ1) is 13.3. The number of sulfonamides is 1. The standard InChI is InChI=1S/C20H26FN3O3S/c1-4-24(5-2)28(26,27)19-11-9-16(10-12-19)15(3)22-14-20(25)23-18-8-6-7-17(21)13-18/h6-13,15,22H,4-5,14H2,1-3H3,(H,23,25)/p+1/t15-/m1/s1. The Bertz CT molecular complexity index is 897. The summed E-state index contributed by atoms with van der Waals surface area (Å²) >= 11 is 0. The maximum absolute atomic E-state index is 13.2. The number of nitrogens with two attached hydrogens (primary N) is 1. The molecule has 1 atom stereocenters. The van der Waals surface area contributed by atoms with Crippen LogP contribution in [0.3, 0.4) is 0 Å². The Morgan fingerprint density at radius 1 is 1.14 bits per heavy atom. The summed E-state index contributed by atoms with van der Waals surface area (Å²) in [5.74, 6) is -0.645. The highest BCUT2D eigenvalue weighted by molar-refractivity contribution is 7.89. The molecule has 0 bridgehead atoms. The Morgan fingerprint density at radius 2 is 1.79 bits per heavy atom. The largest absolute Gasteiger partial charge is 0.333 e. The first-order valence-electron chi connectivity index (χ1n) is 9.26. The van der Waals surface area contributed by atoms with E-state index in [9.17, 15) is 17.6 Å². The second-order valence-electron chi connectivity index (χ2n) is 6.45. The van der Waals surface area contributed by atoms with Gasteiger partial charge in [-0.25, -0.2) is 12.8 Å². The number of halogens is 1. The molecule has 0 spiro atoms. The number of nitrogens with one attached hydrogen (secondary N) is 1. The molecule has 2 aromatic rings. The lowest BCUT2D eigenvalue weighted by molar-refractivity contribution is -0.682. The first kappa shape index (κ1) is 22.0. The van der Waals surface area contributed by atoms with Crippen molar-refractivity contribution in [3.8, 4) is 0 Å². The highest BCUT2D eigenvalue weighted by atomic mass is 32.2. The van der Waals surface area contributed by atoms with E-state index < -0.39 is 15.8 Å². The molecule has 6 nitrogen and oxygen atoms in total. The van der Waals surface area contributed by atoms with Crippen LogP contribution in [0.2, 0.25) is 0 Å². The van der Waals surface area contributed by atoms with Gasteiger partial charge in [0.15, 0.2) is 6.54 Å². The molecule has 28 heavy (non-hydrogen) atoms. The molecular formula is C20H27FN3O3S+. The van der Waals surface area contributed by atoms with Gasteiger partial charge in [-0.1, -0.05) is 32.0 Å². The third-order valence-corrected chi connectivity index (χ3v) is 6.58. The quantitative estimate of drug-likeness (QED) is 0.667. The Balaban J connectivity index is 1.95. The van der Waals surface area contributed by atoms with Gasteiger partial charge in [-0.15, -0.1) is 0 Å². The molecule has 1 amide bonds. The van der Waals surface area contributed by atoms with Crippen LogP contribution in [-0.4, -0.2) is 38.3 Å². The van der Waals surface area contributed by atoms with E-state index in [0.717, 1.165) is 5.56 Å².